The minimum Gasteiger partial charge on any atom is -0.360 e. The molecule has 4 nitrogen and oxygen atoms in total. The molecule has 112 valence electrons. The van der Waals surface area contributed by atoms with Crippen molar-refractivity contribution < 1.29 is 4.79 Å². The van der Waals surface area contributed by atoms with Gasteiger partial charge in [0.2, 0.25) is 0 Å². The van der Waals surface area contributed by atoms with Gasteiger partial charge in [-0.2, -0.15) is 5.26 Å². The smallest absolute Gasteiger partial charge is 0.263 e. The van der Waals surface area contributed by atoms with Gasteiger partial charge in [-0.1, -0.05) is 37.3 Å². The van der Waals surface area contributed by atoms with Gasteiger partial charge in [-0.25, -0.2) is 0 Å². The molecular weight excluding hydrogens is 274 g/mol. The van der Waals surface area contributed by atoms with E-state index in [9.17, 15) is 4.79 Å². The highest BCUT2D eigenvalue weighted by Gasteiger charge is 2.10. The molecule has 1 atom stereocenters. The molecule has 0 radical (unpaired) electrons. The Balaban J connectivity index is 2.13. The van der Waals surface area contributed by atoms with Crippen molar-refractivity contribution in [1.29, 1.82) is 5.26 Å². The van der Waals surface area contributed by atoms with E-state index in [2.05, 4.69) is 10.6 Å². The summed E-state index contributed by atoms with van der Waals surface area (Å²) in [4.78, 5) is 11.9. The highest BCUT2D eigenvalue weighted by Crippen LogP contribution is 2.19. The second-order valence-electron chi connectivity index (χ2n) is 5.16. The van der Waals surface area contributed by atoms with Gasteiger partial charge in [0, 0.05) is 17.9 Å². The van der Waals surface area contributed by atoms with Crippen LogP contribution >= 0.6 is 0 Å². The van der Waals surface area contributed by atoms with Gasteiger partial charge in [0.1, 0.15) is 11.6 Å². The largest absolute Gasteiger partial charge is 0.360 e. The molecule has 2 aromatic carbocycles. The quantitative estimate of drug-likeness (QED) is 0.654. The summed E-state index contributed by atoms with van der Waals surface area (Å²) in [7, 11) is 0. The van der Waals surface area contributed by atoms with Crippen LogP contribution in [0.5, 0.6) is 0 Å². The van der Waals surface area contributed by atoms with Crippen molar-refractivity contribution >= 4 is 22.4 Å². The van der Waals surface area contributed by atoms with Crippen LogP contribution in [0.15, 0.2) is 54.2 Å². The first kappa shape index (κ1) is 15.6. The zero-order valence-corrected chi connectivity index (χ0v) is 12.8. The number of carbonyl (C=O) groups is 1. The van der Waals surface area contributed by atoms with Crippen LogP contribution in [0, 0.1) is 11.3 Å². The average Bonchev–Trinajstić information content (AvgIpc) is 2.55. The molecule has 2 rings (SSSR count). The lowest BCUT2D eigenvalue weighted by Crippen LogP contribution is -2.33. The Bertz CT molecular complexity index is 743. The summed E-state index contributed by atoms with van der Waals surface area (Å²) in [6.45, 7) is 3.89. The monoisotopic (exact) mass is 293 g/mol. The maximum Gasteiger partial charge on any atom is 0.263 e. The van der Waals surface area contributed by atoms with Crippen LogP contribution in [0.2, 0.25) is 0 Å². The standard InChI is InChI=1S/C18H19N3O/c1-3-13(2)21-18(22)16(11-19)12-20-17-9-8-14-6-4-5-7-15(14)10-17/h4-10,12-13,20H,3H2,1-2H3,(H,21,22)/b16-12-. The number of nitriles is 1. The lowest BCUT2D eigenvalue weighted by Gasteiger charge is -2.10. The molecule has 0 aliphatic rings. The fourth-order valence-electron chi connectivity index (χ4n) is 1.99. The fraction of sp³-hybridized carbons (Fsp3) is 0.222. The molecule has 2 N–H and O–H groups in total. The molecule has 4 heteroatoms. The Hall–Kier alpha value is -2.80. The number of amides is 1. The summed E-state index contributed by atoms with van der Waals surface area (Å²) >= 11 is 0. The molecule has 0 saturated heterocycles. The number of fused-ring (bicyclic) bond motifs is 1. The molecule has 0 aliphatic heterocycles. The van der Waals surface area contributed by atoms with E-state index in [0.717, 1.165) is 22.9 Å². The highest BCUT2D eigenvalue weighted by molar-refractivity contribution is 5.97. The molecule has 2 aromatic rings. The van der Waals surface area contributed by atoms with Crippen LogP contribution in [-0.4, -0.2) is 11.9 Å². The molecule has 0 bridgehead atoms. The third kappa shape index (κ3) is 3.86. The van der Waals surface area contributed by atoms with Gasteiger partial charge in [-0.15, -0.1) is 0 Å². The fourth-order valence-corrected chi connectivity index (χ4v) is 1.99. The van der Waals surface area contributed by atoms with Crippen molar-refractivity contribution in [3.63, 3.8) is 0 Å². The summed E-state index contributed by atoms with van der Waals surface area (Å²) in [5, 5.41) is 17.1. The van der Waals surface area contributed by atoms with E-state index in [1.54, 1.807) is 0 Å². The second kappa shape index (κ2) is 7.28. The van der Waals surface area contributed by atoms with Crippen molar-refractivity contribution in [2.45, 2.75) is 26.3 Å². The Morgan fingerprint density at radius 3 is 2.68 bits per heavy atom. The number of nitrogens with one attached hydrogen (secondary N) is 2. The predicted octanol–water partition coefficient (Wildman–Crippen LogP) is 3.57. The number of rotatable bonds is 5. The third-order valence-electron chi connectivity index (χ3n) is 3.49. The van der Waals surface area contributed by atoms with Gasteiger partial charge in [0.15, 0.2) is 0 Å². The third-order valence-corrected chi connectivity index (χ3v) is 3.49. The Morgan fingerprint density at radius 2 is 2.00 bits per heavy atom. The second-order valence-corrected chi connectivity index (χ2v) is 5.16. The number of nitrogens with zero attached hydrogens (tertiary/aromatic N) is 1. The molecule has 0 heterocycles. The summed E-state index contributed by atoms with van der Waals surface area (Å²) in [6, 6.07) is 15.9. The Labute approximate surface area is 130 Å². The minimum atomic E-state index is -0.356. The molecule has 1 amide bonds. The topological polar surface area (TPSA) is 64.9 Å². The maximum atomic E-state index is 11.9. The number of carbonyl (C=O) groups excluding carboxylic acids is 1. The zero-order valence-electron chi connectivity index (χ0n) is 12.8. The Morgan fingerprint density at radius 1 is 1.27 bits per heavy atom. The molecule has 0 spiro atoms. The van der Waals surface area contributed by atoms with Crippen molar-refractivity contribution in [1.82, 2.24) is 5.32 Å². The number of hydrogen-bond acceptors (Lipinski definition) is 3. The van der Waals surface area contributed by atoms with Crippen LogP contribution in [-0.2, 0) is 4.79 Å². The summed E-state index contributed by atoms with van der Waals surface area (Å²) in [6.07, 6.45) is 2.27. The van der Waals surface area contributed by atoms with Gasteiger partial charge in [-0.3, -0.25) is 4.79 Å². The van der Waals surface area contributed by atoms with E-state index in [-0.39, 0.29) is 17.5 Å². The first-order valence-corrected chi connectivity index (χ1v) is 7.30. The van der Waals surface area contributed by atoms with Crippen molar-refractivity contribution in [2.75, 3.05) is 5.32 Å². The van der Waals surface area contributed by atoms with Gasteiger partial charge < -0.3 is 10.6 Å². The normalized spacial score (nSPS) is 12.5. The first-order valence-electron chi connectivity index (χ1n) is 7.30. The van der Waals surface area contributed by atoms with Crippen LogP contribution in [0.1, 0.15) is 20.3 Å². The van der Waals surface area contributed by atoms with Gasteiger partial charge in [0.25, 0.3) is 5.91 Å². The van der Waals surface area contributed by atoms with E-state index in [1.165, 1.54) is 6.20 Å². The SMILES string of the molecule is CCC(C)NC(=O)/C(C#N)=C\Nc1ccc2ccccc2c1. The van der Waals surface area contributed by atoms with Gasteiger partial charge >= 0.3 is 0 Å². The molecule has 1 unspecified atom stereocenters. The zero-order chi connectivity index (χ0) is 15.9. The molecular formula is C18H19N3O. The summed E-state index contributed by atoms with van der Waals surface area (Å²) in [5.41, 5.74) is 0.899. The molecule has 0 aliphatic carbocycles. The maximum absolute atomic E-state index is 11.9. The van der Waals surface area contributed by atoms with E-state index in [0.29, 0.717) is 0 Å². The molecule has 0 aromatic heterocycles. The predicted molar refractivity (Wildman–Crippen MR) is 89.2 cm³/mol. The number of benzene rings is 2. The molecule has 0 saturated carbocycles. The van der Waals surface area contributed by atoms with E-state index in [4.69, 9.17) is 5.26 Å². The molecule has 0 fully saturated rings. The number of hydrogen-bond donors (Lipinski definition) is 2. The molecule has 22 heavy (non-hydrogen) atoms. The minimum absolute atomic E-state index is 0.0462. The van der Waals surface area contributed by atoms with E-state index >= 15 is 0 Å². The lowest BCUT2D eigenvalue weighted by atomic mass is 10.1. The van der Waals surface area contributed by atoms with Crippen molar-refractivity contribution in [3.05, 3.63) is 54.2 Å². The number of anilines is 1. The van der Waals surface area contributed by atoms with Crippen molar-refractivity contribution in [2.24, 2.45) is 0 Å². The van der Waals surface area contributed by atoms with Crippen LogP contribution in [0.25, 0.3) is 10.8 Å². The van der Waals surface area contributed by atoms with Crippen LogP contribution < -0.4 is 10.6 Å². The highest BCUT2D eigenvalue weighted by atomic mass is 16.1. The van der Waals surface area contributed by atoms with E-state index < -0.39 is 0 Å². The summed E-state index contributed by atoms with van der Waals surface area (Å²) < 4.78 is 0. The Kier molecular flexibility index (Phi) is 5.16. The van der Waals surface area contributed by atoms with Gasteiger partial charge in [-0.05, 0) is 36.2 Å². The van der Waals surface area contributed by atoms with Crippen LogP contribution in [0.4, 0.5) is 5.69 Å². The van der Waals surface area contributed by atoms with Crippen LogP contribution in [0.3, 0.4) is 0 Å². The van der Waals surface area contributed by atoms with Gasteiger partial charge in [0.05, 0.1) is 0 Å². The summed E-state index contributed by atoms with van der Waals surface area (Å²) in [5.74, 6) is -0.356. The van der Waals surface area contributed by atoms with Crippen molar-refractivity contribution in [3.8, 4) is 6.07 Å². The average molecular weight is 293 g/mol. The first-order chi connectivity index (χ1) is 10.6. The lowest BCUT2D eigenvalue weighted by molar-refractivity contribution is -0.117. The van der Waals surface area contributed by atoms with E-state index in [1.807, 2.05) is 62.4 Å².